The first-order valence-electron chi connectivity index (χ1n) is 6.87. The van der Waals surface area contributed by atoms with Gasteiger partial charge >= 0.3 is 0 Å². The normalized spacial score (nSPS) is 21.4. The summed E-state index contributed by atoms with van der Waals surface area (Å²) in [4.78, 5) is 20.3. The van der Waals surface area contributed by atoms with E-state index in [1.54, 1.807) is 35.6 Å². The topological polar surface area (TPSA) is 95.1 Å². The maximum absolute atomic E-state index is 12.1. The molecule has 0 radical (unpaired) electrons. The van der Waals surface area contributed by atoms with Gasteiger partial charge in [-0.05, 0) is 25.0 Å². The summed E-state index contributed by atoms with van der Waals surface area (Å²) >= 11 is 0. The predicted octanol–water partition coefficient (Wildman–Crippen LogP) is 0.712. The molecule has 1 saturated heterocycles. The number of imidazole rings is 1. The molecule has 110 valence electrons. The molecule has 0 bridgehead atoms. The summed E-state index contributed by atoms with van der Waals surface area (Å²) in [6.45, 7) is 0.449. The fraction of sp³-hybridized carbons (Fsp3) is 0.357. The standard InChI is InChI=1S/C14H17N5O2/c15-7-11-2-3-12(21-11)14(20)18-10-1-4-13(17-8-10)19-6-5-16-9-19/h1,4-6,8-9,11-12H,2-3,7,15H2,(H,18,20). The van der Waals surface area contributed by atoms with Crippen molar-refractivity contribution in [3.63, 3.8) is 0 Å². The van der Waals surface area contributed by atoms with Gasteiger partial charge in [-0.1, -0.05) is 0 Å². The minimum absolute atomic E-state index is 0.0116. The van der Waals surface area contributed by atoms with Gasteiger partial charge in [0.2, 0.25) is 0 Å². The summed E-state index contributed by atoms with van der Waals surface area (Å²) in [7, 11) is 0. The van der Waals surface area contributed by atoms with E-state index >= 15 is 0 Å². The first-order valence-corrected chi connectivity index (χ1v) is 6.87. The van der Waals surface area contributed by atoms with Crippen LogP contribution in [0.4, 0.5) is 5.69 Å². The Morgan fingerprint density at radius 1 is 1.48 bits per heavy atom. The number of ether oxygens (including phenoxy) is 1. The molecule has 2 aromatic heterocycles. The van der Waals surface area contributed by atoms with E-state index in [0.29, 0.717) is 18.7 Å². The van der Waals surface area contributed by atoms with Crippen LogP contribution < -0.4 is 11.1 Å². The summed E-state index contributed by atoms with van der Waals surface area (Å²) in [5.41, 5.74) is 6.18. The van der Waals surface area contributed by atoms with Gasteiger partial charge in [0, 0.05) is 18.9 Å². The lowest BCUT2D eigenvalue weighted by Gasteiger charge is -2.12. The van der Waals surface area contributed by atoms with E-state index < -0.39 is 6.10 Å². The molecule has 3 rings (SSSR count). The number of hydrogen-bond donors (Lipinski definition) is 2. The molecule has 1 aliphatic rings. The third-order valence-electron chi connectivity index (χ3n) is 3.45. The zero-order chi connectivity index (χ0) is 14.7. The lowest BCUT2D eigenvalue weighted by atomic mass is 10.2. The third kappa shape index (κ3) is 3.09. The number of hydrogen-bond acceptors (Lipinski definition) is 5. The Balaban J connectivity index is 1.62. The molecule has 1 fully saturated rings. The molecular weight excluding hydrogens is 270 g/mol. The lowest BCUT2D eigenvalue weighted by Crippen LogP contribution is -2.29. The number of nitrogens with one attached hydrogen (secondary N) is 1. The highest BCUT2D eigenvalue weighted by atomic mass is 16.5. The van der Waals surface area contributed by atoms with Gasteiger partial charge < -0.3 is 15.8 Å². The Kier molecular flexibility index (Phi) is 3.94. The third-order valence-corrected chi connectivity index (χ3v) is 3.45. The van der Waals surface area contributed by atoms with E-state index in [2.05, 4.69) is 15.3 Å². The number of pyridine rings is 1. The highest BCUT2D eigenvalue weighted by Crippen LogP contribution is 2.20. The van der Waals surface area contributed by atoms with Crippen LogP contribution in [0.2, 0.25) is 0 Å². The Morgan fingerprint density at radius 2 is 2.38 bits per heavy atom. The van der Waals surface area contributed by atoms with Gasteiger partial charge in [0.05, 0.1) is 18.0 Å². The van der Waals surface area contributed by atoms with Crippen molar-refractivity contribution in [3.05, 3.63) is 37.1 Å². The second kappa shape index (κ2) is 6.02. The summed E-state index contributed by atoms with van der Waals surface area (Å²) < 4.78 is 7.35. The molecule has 1 aliphatic heterocycles. The van der Waals surface area contributed by atoms with Crippen molar-refractivity contribution in [2.45, 2.75) is 25.0 Å². The zero-order valence-corrected chi connectivity index (χ0v) is 11.5. The molecule has 0 aliphatic carbocycles. The van der Waals surface area contributed by atoms with Crippen LogP contribution in [0, 0.1) is 0 Å². The molecule has 2 atom stereocenters. The van der Waals surface area contributed by atoms with Crippen LogP contribution in [0.5, 0.6) is 0 Å². The van der Waals surface area contributed by atoms with Crippen molar-refractivity contribution in [3.8, 4) is 5.82 Å². The van der Waals surface area contributed by atoms with Crippen LogP contribution in [0.1, 0.15) is 12.8 Å². The average molecular weight is 287 g/mol. The molecule has 3 heterocycles. The number of carbonyl (C=O) groups excluding carboxylic acids is 1. The van der Waals surface area contributed by atoms with Gasteiger partial charge in [-0.2, -0.15) is 0 Å². The van der Waals surface area contributed by atoms with Gasteiger partial charge in [-0.15, -0.1) is 0 Å². The number of nitrogens with zero attached hydrogens (tertiary/aromatic N) is 3. The highest BCUT2D eigenvalue weighted by molar-refractivity contribution is 5.94. The van der Waals surface area contributed by atoms with Crippen LogP contribution in [0.25, 0.3) is 5.82 Å². The van der Waals surface area contributed by atoms with E-state index in [-0.39, 0.29) is 12.0 Å². The van der Waals surface area contributed by atoms with Crippen LogP contribution >= 0.6 is 0 Å². The molecule has 0 spiro atoms. The smallest absolute Gasteiger partial charge is 0.253 e. The maximum Gasteiger partial charge on any atom is 0.253 e. The van der Waals surface area contributed by atoms with Crippen LogP contribution in [0.15, 0.2) is 37.1 Å². The van der Waals surface area contributed by atoms with Crippen molar-refractivity contribution in [1.29, 1.82) is 0 Å². The number of amides is 1. The molecule has 7 nitrogen and oxygen atoms in total. The Labute approximate surface area is 122 Å². The van der Waals surface area contributed by atoms with Crippen molar-refractivity contribution < 1.29 is 9.53 Å². The first-order chi connectivity index (χ1) is 10.3. The molecule has 7 heteroatoms. The number of rotatable bonds is 4. The number of nitrogens with two attached hydrogens (primary N) is 1. The van der Waals surface area contributed by atoms with E-state index in [9.17, 15) is 4.79 Å². The summed E-state index contributed by atoms with van der Waals surface area (Å²) in [6.07, 6.45) is 7.86. The summed E-state index contributed by atoms with van der Waals surface area (Å²) in [5, 5.41) is 2.81. The quantitative estimate of drug-likeness (QED) is 0.863. The summed E-state index contributed by atoms with van der Waals surface area (Å²) in [5.74, 6) is 0.592. The van der Waals surface area contributed by atoms with Gasteiger partial charge in [0.1, 0.15) is 18.2 Å². The Hall–Kier alpha value is -2.25. The van der Waals surface area contributed by atoms with Crippen LogP contribution in [-0.2, 0) is 9.53 Å². The molecule has 2 unspecified atom stereocenters. The van der Waals surface area contributed by atoms with E-state index in [1.807, 2.05) is 6.07 Å². The number of aromatic nitrogens is 3. The first kappa shape index (κ1) is 13.7. The van der Waals surface area contributed by atoms with Crippen molar-refractivity contribution in [1.82, 2.24) is 14.5 Å². The predicted molar refractivity (Wildman–Crippen MR) is 76.9 cm³/mol. The fourth-order valence-corrected chi connectivity index (χ4v) is 2.30. The second-order valence-electron chi connectivity index (χ2n) is 4.92. The molecule has 1 amide bonds. The number of carbonyl (C=O) groups is 1. The van der Waals surface area contributed by atoms with Gasteiger partial charge in [-0.3, -0.25) is 9.36 Å². The molecule has 0 saturated carbocycles. The average Bonchev–Trinajstić information content (AvgIpc) is 3.19. The largest absolute Gasteiger partial charge is 0.364 e. The van der Waals surface area contributed by atoms with Gasteiger partial charge in [0.15, 0.2) is 0 Å². The Morgan fingerprint density at radius 3 is 3.00 bits per heavy atom. The number of anilines is 1. The molecule has 3 N–H and O–H groups in total. The SMILES string of the molecule is NCC1CCC(C(=O)Nc2ccc(-n3ccnc3)nc2)O1. The van der Waals surface area contributed by atoms with Crippen molar-refractivity contribution in [2.24, 2.45) is 5.73 Å². The monoisotopic (exact) mass is 287 g/mol. The summed E-state index contributed by atoms with van der Waals surface area (Å²) in [6, 6.07) is 3.62. The van der Waals surface area contributed by atoms with E-state index in [0.717, 1.165) is 12.2 Å². The molecule has 21 heavy (non-hydrogen) atoms. The second-order valence-corrected chi connectivity index (χ2v) is 4.92. The van der Waals surface area contributed by atoms with Crippen LogP contribution in [-0.4, -0.2) is 39.2 Å². The zero-order valence-electron chi connectivity index (χ0n) is 11.5. The maximum atomic E-state index is 12.1. The van der Waals surface area contributed by atoms with E-state index in [4.69, 9.17) is 10.5 Å². The molecule has 0 aromatic carbocycles. The highest BCUT2D eigenvalue weighted by Gasteiger charge is 2.29. The minimum atomic E-state index is -0.424. The van der Waals surface area contributed by atoms with Crippen molar-refractivity contribution >= 4 is 11.6 Å². The van der Waals surface area contributed by atoms with Crippen molar-refractivity contribution in [2.75, 3.05) is 11.9 Å². The Bertz CT molecular complexity index is 596. The molecular formula is C14H17N5O2. The minimum Gasteiger partial charge on any atom is -0.364 e. The van der Waals surface area contributed by atoms with Crippen LogP contribution in [0.3, 0.4) is 0 Å². The lowest BCUT2D eigenvalue weighted by molar-refractivity contribution is -0.126. The molecule has 2 aromatic rings. The fourth-order valence-electron chi connectivity index (χ4n) is 2.30. The van der Waals surface area contributed by atoms with Gasteiger partial charge in [0.25, 0.3) is 5.91 Å². The van der Waals surface area contributed by atoms with E-state index in [1.165, 1.54) is 0 Å². The van der Waals surface area contributed by atoms with Gasteiger partial charge in [-0.25, -0.2) is 9.97 Å².